The number of nitro benzene ring substituents is 1. The van der Waals surface area contributed by atoms with Gasteiger partial charge in [0.25, 0.3) is 5.69 Å². The van der Waals surface area contributed by atoms with Gasteiger partial charge in [0.05, 0.1) is 4.92 Å². The molecule has 0 bridgehead atoms. The van der Waals surface area contributed by atoms with E-state index in [4.69, 9.17) is 0 Å². The van der Waals surface area contributed by atoms with Crippen molar-refractivity contribution in [1.29, 1.82) is 0 Å². The number of para-hydroxylation sites is 1. The maximum Gasteiger partial charge on any atom is 0.332 e. The topological polar surface area (TPSA) is 101 Å². The fraction of sp³-hybridized carbons (Fsp3) is 0.308. The predicted molar refractivity (Wildman–Crippen MR) is 71.2 cm³/mol. The van der Waals surface area contributed by atoms with Crippen LogP contribution in [-0.2, 0) is 16.0 Å². The Morgan fingerprint density at radius 1 is 1.10 bits per heavy atom. The van der Waals surface area contributed by atoms with E-state index in [2.05, 4.69) is 0 Å². The molecule has 0 atom stereocenters. The van der Waals surface area contributed by atoms with E-state index in [0.29, 0.717) is 0 Å². The first-order valence-electron chi connectivity index (χ1n) is 6.16. The second kappa shape index (κ2) is 5.31. The third-order valence-corrected chi connectivity index (χ3v) is 3.44. The Morgan fingerprint density at radius 3 is 2.14 bits per heavy atom. The van der Waals surface area contributed by atoms with Gasteiger partial charge in [-0.1, -0.05) is 18.2 Å². The van der Waals surface area contributed by atoms with Gasteiger partial charge < -0.3 is 0 Å². The van der Waals surface area contributed by atoms with Gasteiger partial charge >= 0.3 is 6.03 Å². The summed E-state index contributed by atoms with van der Waals surface area (Å²) in [5.74, 6) is -2.43. The molecule has 1 aromatic rings. The summed E-state index contributed by atoms with van der Waals surface area (Å²) in [5.41, 5.74) is 0.130. The van der Waals surface area contributed by atoms with Crippen LogP contribution in [0.1, 0.15) is 5.56 Å². The molecule has 8 heteroatoms. The van der Waals surface area contributed by atoms with Crippen LogP contribution in [0, 0.1) is 16.0 Å². The number of hydrogen-bond donors (Lipinski definition) is 0. The summed E-state index contributed by atoms with van der Waals surface area (Å²) in [6.45, 7) is 0. The Morgan fingerprint density at radius 2 is 1.62 bits per heavy atom. The molecule has 1 aliphatic rings. The molecular weight excluding hydrogens is 278 g/mol. The molecule has 21 heavy (non-hydrogen) atoms. The largest absolute Gasteiger partial charge is 0.332 e. The molecule has 4 amide bonds. The van der Waals surface area contributed by atoms with Crippen LogP contribution >= 0.6 is 0 Å². The Bertz CT molecular complexity index is 618. The summed E-state index contributed by atoms with van der Waals surface area (Å²) < 4.78 is 0. The van der Waals surface area contributed by atoms with Gasteiger partial charge in [0, 0.05) is 25.7 Å². The van der Waals surface area contributed by atoms with E-state index < -0.39 is 28.7 Å². The number of nitrogens with zero attached hydrogens (tertiary/aromatic N) is 3. The second-order valence-electron chi connectivity index (χ2n) is 4.72. The number of urea groups is 1. The van der Waals surface area contributed by atoms with Crippen LogP contribution in [0.3, 0.4) is 0 Å². The highest BCUT2D eigenvalue weighted by Crippen LogP contribution is 2.25. The number of carbonyl (C=O) groups is 3. The third-order valence-electron chi connectivity index (χ3n) is 3.44. The Balaban J connectivity index is 2.35. The number of barbiturate groups is 1. The first kappa shape index (κ1) is 14.6. The van der Waals surface area contributed by atoms with Crippen LogP contribution in [-0.4, -0.2) is 46.7 Å². The maximum absolute atomic E-state index is 12.1. The number of benzene rings is 1. The van der Waals surface area contributed by atoms with Gasteiger partial charge in [-0.3, -0.25) is 29.5 Å². The molecule has 0 N–H and O–H groups in total. The molecule has 0 aromatic heterocycles. The highest BCUT2D eigenvalue weighted by Gasteiger charge is 2.42. The van der Waals surface area contributed by atoms with Crippen LogP contribution in [0.5, 0.6) is 0 Å². The summed E-state index contributed by atoms with van der Waals surface area (Å²) >= 11 is 0. The molecule has 1 aliphatic heterocycles. The van der Waals surface area contributed by atoms with E-state index in [9.17, 15) is 24.5 Å². The van der Waals surface area contributed by atoms with E-state index in [1.807, 2.05) is 0 Å². The van der Waals surface area contributed by atoms with Crippen molar-refractivity contribution >= 4 is 23.5 Å². The zero-order valence-corrected chi connectivity index (χ0v) is 11.5. The van der Waals surface area contributed by atoms with E-state index in [1.54, 1.807) is 6.07 Å². The normalized spacial score (nSPS) is 16.6. The van der Waals surface area contributed by atoms with Gasteiger partial charge in [0.2, 0.25) is 11.8 Å². The molecular formula is C13H13N3O5. The lowest BCUT2D eigenvalue weighted by atomic mass is 9.94. The van der Waals surface area contributed by atoms with Crippen LogP contribution in [0.25, 0.3) is 0 Å². The van der Waals surface area contributed by atoms with E-state index in [-0.39, 0.29) is 17.7 Å². The summed E-state index contributed by atoms with van der Waals surface area (Å²) in [4.78, 5) is 47.9. The fourth-order valence-electron chi connectivity index (χ4n) is 2.24. The van der Waals surface area contributed by atoms with Crippen LogP contribution in [0.15, 0.2) is 24.3 Å². The van der Waals surface area contributed by atoms with Crippen molar-refractivity contribution in [3.63, 3.8) is 0 Å². The van der Waals surface area contributed by atoms with E-state index in [0.717, 1.165) is 9.80 Å². The molecule has 0 saturated carbocycles. The summed E-state index contributed by atoms with van der Waals surface area (Å²) in [6.07, 6.45) is -0.114. The zero-order chi connectivity index (χ0) is 15.7. The number of hydrogen-bond acceptors (Lipinski definition) is 5. The lowest BCUT2D eigenvalue weighted by molar-refractivity contribution is -0.385. The molecule has 1 aromatic carbocycles. The molecule has 110 valence electrons. The summed E-state index contributed by atoms with van der Waals surface area (Å²) in [6, 6.07) is 5.21. The minimum Gasteiger partial charge on any atom is -0.273 e. The number of amides is 4. The van der Waals surface area contributed by atoms with E-state index in [1.165, 1.54) is 32.3 Å². The molecule has 0 radical (unpaired) electrons. The van der Waals surface area contributed by atoms with Crippen molar-refractivity contribution in [2.24, 2.45) is 5.92 Å². The molecule has 0 spiro atoms. The van der Waals surface area contributed by atoms with Gasteiger partial charge in [-0.25, -0.2) is 4.79 Å². The average molecular weight is 291 g/mol. The van der Waals surface area contributed by atoms with Crippen molar-refractivity contribution < 1.29 is 19.3 Å². The minimum atomic E-state index is -1.13. The van der Waals surface area contributed by atoms with Crippen molar-refractivity contribution in [2.75, 3.05) is 14.1 Å². The van der Waals surface area contributed by atoms with Crippen LogP contribution < -0.4 is 0 Å². The van der Waals surface area contributed by atoms with Gasteiger partial charge in [-0.2, -0.15) is 0 Å². The summed E-state index contributed by atoms with van der Waals surface area (Å²) in [7, 11) is 2.56. The number of imide groups is 2. The highest BCUT2D eigenvalue weighted by molar-refractivity contribution is 6.15. The minimum absolute atomic E-state index is 0.114. The Labute approximate surface area is 120 Å². The fourth-order valence-corrected chi connectivity index (χ4v) is 2.24. The zero-order valence-electron chi connectivity index (χ0n) is 11.5. The molecule has 0 unspecified atom stereocenters. The van der Waals surface area contributed by atoms with Crippen molar-refractivity contribution in [3.05, 3.63) is 39.9 Å². The SMILES string of the molecule is CN1C(=O)C(Cc2ccccc2[N+](=O)[O-])C(=O)N(C)C1=O. The molecule has 1 saturated heterocycles. The molecule has 1 heterocycles. The second-order valence-corrected chi connectivity index (χ2v) is 4.72. The smallest absolute Gasteiger partial charge is 0.273 e. The van der Waals surface area contributed by atoms with Crippen LogP contribution in [0.2, 0.25) is 0 Å². The van der Waals surface area contributed by atoms with Crippen LogP contribution in [0.4, 0.5) is 10.5 Å². The predicted octanol–water partition coefficient (Wildman–Crippen LogP) is 0.804. The lowest BCUT2D eigenvalue weighted by Gasteiger charge is -2.32. The highest BCUT2D eigenvalue weighted by atomic mass is 16.6. The monoisotopic (exact) mass is 291 g/mol. The number of nitro groups is 1. The number of carbonyl (C=O) groups excluding carboxylic acids is 3. The Kier molecular flexibility index (Phi) is 3.70. The molecule has 1 fully saturated rings. The van der Waals surface area contributed by atoms with Crippen molar-refractivity contribution in [3.8, 4) is 0 Å². The summed E-state index contributed by atoms with van der Waals surface area (Å²) in [5, 5.41) is 11.0. The van der Waals surface area contributed by atoms with Gasteiger partial charge in [0.1, 0.15) is 5.92 Å². The lowest BCUT2D eigenvalue weighted by Crippen LogP contribution is -2.57. The maximum atomic E-state index is 12.1. The Hall–Kier alpha value is -2.77. The molecule has 8 nitrogen and oxygen atoms in total. The first-order chi connectivity index (χ1) is 9.84. The standard InChI is InChI=1S/C13H13N3O5/c1-14-11(17)9(12(18)15(2)13(14)19)7-8-5-3-4-6-10(8)16(20)21/h3-6,9H,7H2,1-2H3. The first-order valence-corrected chi connectivity index (χ1v) is 6.16. The quantitative estimate of drug-likeness (QED) is 0.466. The third kappa shape index (κ3) is 2.47. The van der Waals surface area contributed by atoms with Crippen molar-refractivity contribution in [1.82, 2.24) is 9.80 Å². The van der Waals surface area contributed by atoms with Crippen molar-refractivity contribution in [2.45, 2.75) is 6.42 Å². The average Bonchev–Trinajstić information content (AvgIpc) is 2.48. The van der Waals surface area contributed by atoms with Gasteiger partial charge in [-0.05, 0) is 6.42 Å². The van der Waals surface area contributed by atoms with E-state index >= 15 is 0 Å². The van der Waals surface area contributed by atoms with Gasteiger partial charge in [-0.15, -0.1) is 0 Å². The molecule has 2 rings (SSSR count). The van der Waals surface area contributed by atoms with Gasteiger partial charge in [0.15, 0.2) is 0 Å². The number of rotatable bonds is 3. The molecule has 0 aliphatic carbocycles.